The van der Waals surface area contributed by atoms with Crippen LogP contribution in [0.3, 0.4) is 0 Å². The number of hydrogen-bond donors (Lipinski definition) is 6. The molecule has 302 valence electrons. The summed E-state index contributed by atoms with van der Waals surface area (Å²) in [7, 11) is 6.17. The molecule has 2 aliphatic rings. The van der Waals surface area contributed by atoms with E-state index in [1.807, 2.05) is 63.2 Å². The number of benzene rings is 2. The molecule has 3 atom stereocenters. The number of amidine groups is 1. The zero-order valence-electron chi connectivity index (χ0n) is 33.9. The minimum Gasteiger partial charge on any atom is -0.484 e. The summed E-state index contributed by atoms with van der Waals surface area (Å²) >= 11 is 0. The molecule has 3 aromatic rings. The van der Waals surface area contributed by atoms with Crippen molar-refractivity contribution < 1.29 is 19.4 Å². The number of likely N-dealkylation sites (tertiary alicyclic amines) is 1. The number of anilines is 1. The molecule has 2 heterocycles. The van der Waals surface area contributed by atoms with Crippen LogP contribution in [0.2, 0.25) is 0 Å². The van der Waals surface area contributed by atoms with Crippen LogP contribution in [0.5, 0.6) is 5.75 Å². The SMILES string of the molecule is C[C@H]1CCCCN1C(=N)n1cc(O[C@@H]2CC[C@H](NC(=O)NC(/C=C(\N)C(C)(C)C)=Nc3cccc(N(C)CCN(C)C)c3)c3ccccc32)ccc1=N.O=CO. The van der Waals surface area contributed by atoms with E-state index in [0.29, 0.717) is 41.8 Å². The second-order valence-corrected chi connectivity index (χ2v) is 15.6. The van der Waals surface area contributed by atoms with Crippen LogP contribution in [0.4, 0.5) is 16.2 Å². The Morgan fingerprint density at radius 3 is 2.43 bits per heavy atom. The number of carbonyl (C=O) groups excluding carboxylic acids is 1. The fourth-order valence-electron chi connectivity index (χ4n) is 6.65. The molecular formula is C42H60N10O4. The Kier molecular flexibility index (Phi) is 15.2. The first-order valence-electron chi connectivity index (χ1n) is 19.2. The topological polar surface area (TPSA) is 188 Å². The number of nitrogens with two attached hydrogens (primary N) is 1. The van der Waals surface area contributed by atoms with Gasteiger partial charge in [0.05, 0.1) is 17.9 Å². The first-order valence-corrected chi connectivity index (χ1v) is 19.2. The maximum Gasteiger partial charge on any atom is 0.320 e. The highest BCUT2D eigenvalue weighted by Gasteiger charge is 2.30. The third-order valence-electron chi connectivity index (χ3n) is 10.0. The van der Waals surface area contributed by atoms with Crippen molar-refractivity contribution in [2.75, 3.05) is 45.7 Å². The van der Waals surface area contributed by atoms with Gasteiger partial charge in [0.2, 0.25) is 5.96 Å². The zero-order chi connectivity index (χ0) is 41.0. The maximum atomic E-state index is 13.7. The molecule has 0 bridgehead atoms. The third kappa shape index (κ3) is 11.9. The van der Waals surface area contributed by atoms with E-state index in [2.05, 4.69) is 59.5 Å². The summed E-state index contributed by atoms with van der Waals surface area (Å²) in [6, 6.07) is 19.1. The molecule has 1 saturated heterocycles. The quantitative estimate of drug-likeness (QED) is 0.0844. The standard InChI is InChI=1S/C41H58N10O2.CH2O2/c1-28-13-10-11-22-50(28)39(44)51-27-31(18-21-37(51)43)53-35-20-19-34(32-16-8-9-17-33(32)35)46-40(52)47-38(26-36(42)41(2,3)4)45-29-14-12-15-30(25-29)49(7)24-23-48(5)6;2-1-3/h8-9,12,14-18,21,25-28,34-35,43-44H,10-11,13,19-20,22-24,42H2,1-7H3,(H2,45,46,47,52);1H,(H,2,3)/b36-26-,43-37?,44-39?;/t28-,34-,35+;/m0./s1. The van der Waals surface area contributed by atoms with Crippen LogP contribution in [-0.4, -0.2) is 90.6 Å². The van der Waals surface area contributed by atoms with Gasteiger partial charge >= 0.3 is 6.03 Å². The van der Waals surface area contributed by atoms with Gasteiger partial charge in [-0.25, -0.2) is 9.79 Å². The van der Waals surface area contributed by atoms with Crippen LogP contribution in [0.1, 0.15) is 83.1 Å². The summed E-state index contributed by atoms with van der Waals surface area (Å²) in [5, 5.41) is 30.5. The number of allylic oxidation sites excluding steroid dienone is 1. The molecule has 2 amide bonds. The number of aromatic nitrogens is 1. The van der Waals surface area contributed by atoms with E-state index in [1.54, 1.807) is 29.0 Å². The first-order chi connectivity index (χ1) is 26.6. The van der Waals surface area contributed by atoms with Gasteiger partial charge in [-0.05, 0) is 94.6 Å². The van der Waals surface area contributed by atoms with Crippen LogP contribution in [0.25, 0.3) is 0 Å². The molecule has 1 aliphatic carbocycles. The number of hydrogen-bond acceptors (Lipinski definition) is 9. The van der Waals surface area contributed by atoms with Gasteiger partial charge in [-0.1, -0.05) is 51.1 Å². The van der Waals surface area contributed by atoms with Crippen molar-refractivity contribution >= 4 is 35.7 Å². The van der Waals surface area contributed by atoms with Gasteiger partial charge in [0.1, 0.15) is 23.2 Å². The summed E-state index contributed by atoms with van der Waals surface area (Å²) in [6.07, 6.45) is 7.79. The van der Waals surface area contributed by atoms with E-state index in [9.17, 15) is 4.79 Å². The first kappa shape index (κ1) is 43.1. The van der Waals surface area contributed by atoms with E-state index < -0.39 is 0 Å². The summed E-state index contributed by atoms with van der Waals surface area (Å²) < 4.78 is 8.16. The number of piperidine rings is 1. The fraction of sp³-hybridized carbons (Fsp3) is 0.452. The molecule has 5 rings (SSSR count). The van der Waals surface area contributed by atoms with Crippen molar-refractivity contribution in [3.8, 4) is 5.75 Å². The normalized spacial score (nSPS) is 18.6. The Bertz CT molecular complexity index is 1930. The van der Waals surface area contributed by atoms with Crippen LogP contribution >= 0.6 is 0 Å². The number of amides is 2. The minimum atomic E-state index is -0.377. The number of nitrogens with one attached hydrogen (secondary N) is 4. The number of rotatable bonds is 9. The van der Waals surface area contributed by atoms with Crippen LogP contribution < -0.4 is 31.5 Å². The highest BCUT2D eigenvalue weighted by atomic mass is 16.5. The Labute approximate surface area is 331 Å². The Morgan fingerprint density at radius 2 is 1.75 bits per heavy atom. The molecule has 2 aromatic carbocycles. The predicted octanol–water partition coefficient (Wildman–Crippen LogP) is 6.20. The highest BCUT2D eigenvalue weighted by molar-refractivity contribution is 6.05. The van der Waals surface area contributed by atoms with Gasteiger partial charge in [0.15, 0.2) is 0 Å². The molecule has 14 heteroatoms. The molecular weight excluding hydrogens is 709 g/mol. The minimum absolute atomic E-state index is 0.238. The summed E-state index contributed by atoms with van der Waals surface area (Å²) in [4.78, 5) is 33.3. The van der Waals surface area contributed by atoms with Gasteiger partial charge in [-0.2, -0.15) is 0 Å². The maximum absolute atomic E-state index is 13.7. The molecule has 0 unspecified atom stereocenters. The van der Waals surface area contributed by atoms with Crippen molar-refractivity contribution in [1.82, 2.24) is 25.0 Å². The van der Waals surface area contributed by atoms with E-state index in [1.165, 1.54) is 0 Å². The molecule has 0 spiro atoms. The average molecular weight is 769 g/mol. The summed E-state index contributed by atoms with van der Waals surface area (Å²) in [5.41, 5.74) is 10.7. The Hall–Kier alpha value is -5.63. The number of pyridine rings is 1. The number of ether oxygens (including phenoxy) is 1. The number of nitrogens with zero attached hydrogens (tertiary/aromatic N) is 5. The lowest BCUT2D eigenvalue weighted by atomic mass is 9.85. The molecule has 56 heavy (non-hydrogen) atoms. The lowest BCUT2D eigenvalue weighted by molar-refractivity contribution is -0.122. The smallest absolute Gasteiger partial charge is 0.320 e. The molecule has 7 N–H and O–H groups in total. The van der Waals surface area contributed by atoms with E-state index >= 15 is 0 Å². The van der Waals surface area contributed by atoms with E-state index in [4.69, 9.17) is 36.2 Å². The number of carboxylic acid groups (broad SMARTS) is 1. The molecule has 0 radical (unpaired) electrons. The van der Waals surface area contributed by atoms with Crippen molar-refractivity contribution in [2.45, 2.75) is 78.0 Å². The number of urea groups is 1. The van der Waals surface area contributed by atoms with Crippen LogP contribution in [0.15, 0.2) is 83.6 Å². The summed E-state index contributed by atoms with van der Waals surface area (Å²) in [6.45, 7) is 10.5. The van der Waals surface area contributed by atoms with Gasteiger partial charge in [0.25, 0.3) is 6.47 Å². The second-order valence-electron chi connectivity index (χ2n) is 15.6. The lowest BCUT2D eigenvalue weighted by Crippen LogP contribution is -2.47. The Morgan fingerprint density at radius 1 is 1.04 bits per heavy atom. The van der Waals surface area contributed by atoms with Gasteiger partial charge in [-0.15, -0.1) is 0 Å². The fourth-order valence-corrected chi connectivity index (χ4v) is 6.65. The second kappa shape index (κ2) is 19.8. The number of fused-ring (bicyclic) bond motifs is 1. The average Bonchev–Trinajstić information content (AvgIpc) is 3.15. The molecule has 14 nitrogen and oxygen atoms in total. The van der Waals surface area contributed by atoms with Crippen molar-refractivity contribution in [1.29, 1.82) is 10.8 Å². The largest absolute Gasteiger partial charge is 0.484 e. The number of aliphatic imine (C=N–C) groups is 1. The Balaban J connectivity index is 0.00000225. The van der Waals surface area contributed by atoms with Gasteiger partial charge in [0, 0.05) is 55.6 Å². The molecule has 0 saturated carbocycles. The van der Waals surface area contributed by atoms with E-state index in [-0.39, 0.29) is 41.6 Å². The molecule has 1 aliphatic heterocycles. The molecule has 1 aromatic heterocycles. The van der Waals surface area contributed by atoms with Crippen molar-refractivity contribution in [2.24, 2.45) is 16.1 Å². The van der Waals surface area contributed by atoms with Crippen LogP contribution in [-0.2, 0) is 4.79 Å². The van der Waals surface area contributed by atoms with Gasteiger partial charge in [-0.3, -0.25) is 25.5 Å². The number of carbonyl (C=O) groups is 2. The van der Waals surface area contributed by atoms with Gasteiger partial charge < -0.3 is 35.6 Å². The molecule has 1 fully saturated rings. The van der Waals surface area contributed by atoms with Crippen LogP contribution in [0, 0.1) is 16.2 Å². The van der Waals surface area contributed by atoms with Crippen molar-refractivity contribution in [3.05, 3.63) is 95.2 Å². The third-order valence-corrected chi connectivity index (χ3v) is 10.0. The summed E-state index contributed by atoms with van der Waals surface area (Å²) in [5.74, 6) is 1.24. The predicted molar refractivity (Wildman–Crippen MR) is 223 cm³/mol. The lowest BCUT2D eigenvalue weighted by Gasteiger charge is -2.36. The van der Waals surface area contributed by atoms with Crippen molar-refractivity contribution in [3.63, 3.8) is 0 Å². The highest BCUT2D eigenvalue weighted by Crippen LogP contribution is 2.38. The zero-order valence-corrected chi connectivity index (χ0v) is 33.9. The number of likely N-dealkylation sites (N-methyl/N-ethyl adjacent to an activating group) is 2. The van der Waals surface area contributed by atoms with E-state index in [0.717, 1.165) is 55.7 Å². The monoisotopic (exact) mass is 768 g/mol.